The van der Waals surface area contributed by atoms with Crippen LogP contribution in [0.15, 0.2) is 12.7 Å². The van der Waals surface area contributed by atoms with Gasteiger partial charge in [-0.15, -0.1) is 6.58 Å². The first-order chi connectivity index (χ1) is 6.49. The Morgan fingerprint density at radius 1 is 1.43 bits per heavy atom. The third-order valence-corrected chi connectivity index (χ3v) is 1.68. The summed E-state index contributed by atoms with van der Waals surface area (Å²) in [5.74, 6) is -1.22. The second kappa shape index (κ2) is 6.15. The van der Waals surface area contributed by atoms with E-state index < -0.39 is 18.1 Å². The molecule has 80 valence electrons. The lowest BCUT2D eigenvalue weighted by Gasteiger charge is -2.15. The number of amides is 1. The van der Waals surface area contributed by atoms with E-state index in [1.165, 1.54) is 6.92 Å². The largest absolute Gasteiger partial charge is 0.480 e. The molecule has 0 fully saturated rings. The van der Waals surface area contributed by atoms with Crippen LogP contribution in [-0.4, -0.2) is 35.6 Å². The zero-order chi connectivity index (χ0) is 11.1. The molecule has 0 aromatic carbocycles. The molecule has 0 bridgehead atoms. The molecule has 0 aliphatic carbocycles. The lowest BCUT2D eigenvalue weighted by molar-refractivity contribution is -0.139. The Bertz CT molecular complexity index is 228. The normalized spacial score (nSPS) is 14.1. The van der Waals surface area contributed by atoms with Crippen LogP contribution in [0.25, 0.3) is 0 Å². The number of hydrogen-bond donors (Lipinski definition) is 3. The van der Waals surface area contributed by atoms with Gasteiger partial charge in [-0.3, -0.25) is 14.9 Å². The maximum atomic E-state index is 11.2. The van der Waals surface area contributed by atoms with Crippen molar-refractivity contribution in [3.63, 3.8) is 0 Å². The van der Waals surface area contributed by atoms with Crippen LogP contribution >= 0.6 is 0 Å². The van der Waals surface area contributed by atoms with Crippen molar-refractivity contribution in [2.24, 2.45) is 0 Å². The fourth-order valence-electron chi connectivity index (χ4n) is 0.848. The summed E-state index contributed by atoms with van der Waals surface area (Å²) in [6.07, 6.45) is 1.56. The molecule has 0 heterocycles. The van der Waals surface area contributed by atoms with Crippen molar-refractivity contribution < 1.29 is 14.7 Å². The maximum Gasteiger partial charge on any atom is 0.320 e. The van der Waals surface area contributed by atoms with E-state index in [1.807, 2.05) is 0 Å². The van der Waals surface area contributed by atoms with E-state index in [-0.39, 0.29) is 5.91 Å². The molecular formula is C9H16N2O3. The van der Waals surface area contributed by atoms with E-state index in [9.17, 15) is 9.59 Å². The van der Waals surface area contributed by atoms with Crippen molar-refractivity contribution in [1.29, 1.82) is 0 Å². The fraction of sp³-hybridized carbons (Fsp3) is 0.556. The van der Waals surface area contributed by atoms with Gasteiger partial charge in [0, 0.05) is 6.54 Å². The number of carboxylic acids is 1. The van der Waals surface area contributed by atoms with Crippen LogP contribution in [0.2, 0.25) is 0 Å². The van der Waals surface area contributed by atoms with E-state index in [4.69, 9.17) is 5.11 Å². The molecule has 0 aromatic heterocycles. The van der Waals surface area contributed by atoms with E-state index >= 15 is 0 Å². The van der Waals surface area contributed by atoms with Crippen LogP contribution in [0, 0.1) is 0 Å². The Labute approximate surface area is 83.2 Å². The molecule has 3 N–H and O–H groups in total. The molecule has 0 saturated carbocycles. The summed E-state index contributed by atoms with van der Waals surface area (Å²) >= 11 is 0. The topological polar surface area (TPSA) is 78.4 Å². The number of carbonyl (C=O) groups excluding carboxylic acids is 1. The molecule has 0 aliphatic rings. The standard InChI is InChI=1S/C9H16N2O3/c1-4-5-10-8(12)6(2)11-7(3)9(13)14/h4,6-7,11H,1,5H2,2-3H3,(H,10,12)(H,13,14). The minimum absolute atomic E-state index is 0.238. The van der Waals surface area contributed by atoms with Gasteiger partial charge in [-0.25, -0.2) is 0 Å². The molecule has 5 heteroatoms. The number of nitrogens with one attached hydrogen (secondary N) is 2. The van der Waals surface area contributed by atoms with Gasteiger partial charge in [0.15, 0.2) is 0 Å². The van der Waals surface area contributed by atoms with Gasteiger partial charge < -0.3 is 10.4 Å². The fourth-order valence-corrected chi connectivity index (χ4v) is 0.848. The summed E-state index contributed by atoms with van der Waals surface area (Å²) in [4.78, 5) is 21.7. The highest BCUT2D eigenvalue weighted by atomic mass is 16.4. The van der Waals surface area contributed by atoms with Gasteiger partial charge in [0.1, 0.15) is 6.04 Å². The predicted octanol–water partition coefficient (Wildman–Crippen LogP) is -0.260. The molecule has 0 radical (unpaired) electrons. The quantitative estimate of drug-likeness (QED) is 0.516. The van der Waals surface area contributed by atoms with Crippen LogP contribution in [-0.2, 0) is 9.59 Å². The summed E-state index contributed by atoms with van der Waals surface area (Å²) in [5, 5.41) is 13.8. The molecular weight excluding hydrogens is 184 g/mol. The molecule has 2 atom stereocenters. The van der Waals surface area contributed by atoms with Crippen molar-refractivity contribution in [2.75, 3.05) is 6.54 Å². The van der Waals surface area contributed by atoms with Gasteiger partial charge in [0.25, 0.3) is 0 Å². The van der Waals surface area contributed by atoms with Gasteiger partial charge in [0.05, 0.1) is 6.04 Å². The number of rotatable bonds is 6. The molecule has 14 heavy (non-hydrogen) atoms. The first-order valence-corrected chi connectivity index (χ1v) is 4.36. The second-order valence-electron chi connectivity index (χ2n) is 2.98. The monoisotopic (exact) mass is 200 g/mol. The first-order valence-electron chi connectivity index (χ1n) is 4.36. The summed E-state index contributed by atoms with van der Waals surface area (Å²) in [7, 11) is 0. The molecule has 0 aliphatic heterocycles. The van der Waals surface area contributed by atoms with Crippen LogP contribution in [0.3, 0.4) is 0 Å². The lowest BCUT2D eigenvalue weighted by Crippen LogP contribution is -2.48. The summed E-state index contributed by atoms with van der Waals surface area (Å²) in [5.41, 5.74) is 0. The Kier molecular flexibility index (Phi) is 5.55. The molecule has 5 nitrogen and oxygen atoms in total. The lowest BCUT2D eigenvalue weighted by atomic mass is 10.2. The van der Waals surface area contributed by atoms with Gasteiger partial charge in [-0.1, -0.05) is 6.08 Å². The number of carbonyl (C=O) groups is 2. The predicted molar refractivity (Wildman–Crippen MR) is 52.9 cm³/mol. The summed E-state index contributed by atoms with van der Waals surface area (Å²) in [6, 6.07) is -1.26. The molecule has 0 aromatic rings. The Balaban J connectivity index is 3.94. The summed E-state index contributed by atoms with van der Waals surface area (Å²) in [6.45, 7) is 6.93. The average Bonchev–Trinajstić information content (AvgIpc) is 2.13. The zero-order valence-electron chi connectivity index (χ0n) is 8.41. The van der Waals surface area contributed by atoms with Crippen molar-refractivity contribution >= 4 is 11.9 Å². The maximum absolute atomic E-state index is 11.2. The zero-order valence-corrected chi connectivity index (χ0v) is 8.41. The van der Waals surface area contributed by atoms with Crippen LogP contribution in [0.1, 0.15) is 13.8 Å². The number of hydrogen-bond acceptors (Lipinski definition) is 3. The molecule has 1 amide bonds. The first kappa shape index (κ1) is 12.6. The van der Waals surface area contributed by atoms with E-state index in [2.05, 4.69) is 17.2 Å². The highest BCUT2D eigenvalue weighted by Gasteiger charge is 2.18. The van der Waals surface area contributed by atoms with Crippen LogP contribution < -0.4 is 10.6 Å². The van der Waals surface area contributed by atoms with Gasteiger partial charge in [-0.05, 0) is 13.8 Å². The molecule has 0 rings (SSSR count). The highest BCUT2D eigenvalue weighted by Crippen LogP contribution is 1.88. The van der Waals surface area contributed by atoms with E-state index in [1.54, 1.807) is 13.0 Å². The van der Waals surface area contributed by atoms with Gasteiger partial charge in [0.2, 0.25) is 5.91 Å². The smallest absolute Gasteiger partial charge is 0.320 e. The van der Waals surface area contributed by atoms with Crippen molar-refractivity contribution in [1.82, 2.24) is 10.6 Å². The molecule has 2 unspecified atom stereocenters. The Hall–Kier alpha value is -1.36. The molecule has 0 saturated heterocycles. The Morgan fingerprint density at radius 3 is 2.43 bits per heavy atom. The van der Waals surface area contributed by atoms with Crippen molar-refractivity contribution in [3.05, 3.63) is 12.7 Å². The summed E-state index contributed by atoms with van der Waals surface area (Å²) < 4.78 is 0. The van der Waals surface area contributed by atoms with E-state index in [0.29, 0.717) is 6.54 Å². The minimum Gasteiger partial charge on any atom is -0.480 e. The van der Waals surface area contributed by atoms with Gasteiger partial charge >= 0.3 is 5.97 Å². The minimum atomic E-state index is -0.978. The molecule has 0 spiro atoms. The Morgan fingerprint density at radius 2 is 2.00 bits per heavy atom. The SMILES string of the molecule is C=CCNC(=O)C(C)NC(C)C(=O)O. The van der Waals surface area contributed by atoms with Crippen LogP contribution in [0.5, 0.6) is 0 Å². The number of aliphatic carboxylic acids is 1. The van der Waals surface area contributed by atoms with Crippen molar-refractivity contribution in [3.8, 4) is 0 Å². The third-order valence-electron chi connectivity index (χ3n) is 1.68. The number of carboxylic acid groups (broad SMARTS) is 1. The highest BCUT2D eigenvalue weighted by molar-refractivity contribution is 5.82. The van der Waals surface area contributed by atoms with Crippen molar-refractivity contribution in [2.45, 2.75) is 25.9 Å². The average molecular weight is 200 g/mol. The van der Waals surface area contributed by atoms with E-state index in [0.717, 1.165) is 0 Å². The van der Waals surface area contributed by atoms with Gasteiger partial charge in [-0.2, -0.15) is 0 Å². The second-order valence-corrected chi connectivity index (χ2v) is 2.98. The third kappa shape index (κ3) is 4.61. The van der Waals surface area contributed by atoms with Crippen LogP contribution in [0.4, 0.5) is 0 Å².